The Labute approximate surface area is 159 Å². The SMILES string of the molecule is CN(Cc1ccccc1F)C(=O)[C@@H]1CC(=O)N(c2cccc(C(F)(F)F)c2)C1. The lowest BCUT2D eigenvalue weighted by Crippen LogP contribution is -2.34. The van der Waals surface area contributed by atoms with E-state index in [0.717, 1.165) is 12.1 Å². The van der Waals surface area contributed by atoms with Crippen LogP contribution in [0.2, 0.25) is 0 Å². The fraction of sp³-hybridized carbons (Fsp3) is 0.300. The van der Waals surface area contributed by atoms with Gasteiger partial charge in [-0.1, -0.05) is 24.3 Å². The van der Waals surface area contributed by atoms with Gasteiger partial charge in [-0.15, -0.1) is 0 Å². The van der Waals surface area contributed by atoms with E-state index in [2.05, 4.69) is 0 Å². The van der Waals surface area contributed by atoms with Gasteiger partial charge in [0.25, 0.3) is 0 Å². The molecule has 1 aliphatic rings. The van der Waals surface area contributed by atoms with Crippen LogP contribution in [0.3, 0.4) is 0 Å². The Bertz CT molecular complexity index is 898. The average molecular weight is 394 g/mol. The lowest BCUT2D eigenvalue weighted by molar-refractivity contribution is -0.137. The number of nitrogens with zero attached hydrogens (tertiary/aromatic N) is 2. The molecule has 2 aromatic carbocycles. The highest BCUT2D eigenvalue weighted by molar-refractivity contribution is 6.00. The highest BCUT2D eigenvalue weighted by Crippen LogP contribution is 2.33. The Hall–Kier alpha value is -2.90. The van der Waals surface area contributed by atoms with Gasteiger partial charge in [0.15, 0.2) is 0 Å². The molecule has 0 bridgehead atoms. The van der Waals surface area contributed by atoms with Crippen LogP contribution in [0, 0.1) is 11.7 Å². The zero-order chi connectivity index (χ0) is 20.5. The molecule has 2 amide bonds. The summed E-state index contributed by atoms with van der Waals surface area (Å²) in [6.07, 6.45) is -4.62. The molecule has 4 nitrogen and oxygen atoms in total. The Morgan fingerprint density at radius 1 is 1.18 bits per heavy atom. The van der Waals surface area contributed by atoms with Crippen molar-refractivity contribution in [3.8, 4) is 0 Å². The molecule has 0 aromatic heterocycles. The number of amides is 2. The summed E-state index contributed by atoms with van der Waals surface area (Å²) >= 11 is 0. The quantitative estimate of drug-likeness (QED) is 0.739. The first-order valence-corrected chi connectivity index (χ1v) is 8.63. The summed E-state index contributed by atoms with van der Waals surface area (Å²) in [5, 5.41) is 0. The second-order valence-corrected chi connectivity index (χ2v) is 6.74. The highest BCUT2D eigenvalue weighted by Gasteiger charge is 2.38. The molecule has 0 spiro atoms. The molecule has 148 valence electrons. The molecule has 0 saturated carbocycles. The van der Waals surface area contributed by atoms with Crippen molar-refractivity contribution in [3.63, 3.8) is 0 Å². The monoisotopic (exact) mass is 394 g/mol. The zero-order valence-electron chi connectivity index (χ0n) is 15.0. The summed E-state index contributed by atoms with van der Waals surface area (Å²) in [5.74, 6) is -1.91. The van der Waals surface area contributed by atoms with E-state index in [1.54, 1.807) is 18.2 Å². The molecule has 28 heavy (non-hydrogen) atoms. The second-order valence-electron chi connectivity index (χ2n) is 6.74. The summed E-state index contributed by atoms with van der Waals surface area (Å²) < 4.78 is 52.5. The van der Waals surface area contributed by atoms with Gasteiger partial charge in [-0.2, -0.15) is 13.2 Å². The maximum Gasteiger partial charge on any atom is 0.416 e. The van der Waals surface area contributed by atoms with Crippen molar-refractivity contribution in [2.45, 2.75) is 19.1 Å². The van der Waals surface area contributed by atoms with Gasteiger partial charge in [-0.25, -0.2) is 4.39 Å². The molecule has 0 aliphatic carbocycles. The smallest absolute Gasteiger partial charge is 0.341 e. The maximum absolute atomic E-state index is 13.8. The van der Waals surface area contributed by atoms with E-state index < -0.39 is 29.4 Å². The van der Waals surface area contributed by atoms with Gasteiger partial charge in [0.05, 0.1) is 11.5 Å². The average Bonchev–Trinajstić information content (AvgIpc) is 3.04. The van der Waals surface area contributed by atoms with Crippen LogP contribution in [0.4, 0.5) is 23.2 Å². The van der Waals surface area contributed by atoms with Crippen LogP contribution in [-0.4, -0.2) is 30.3 Å². The van der Waals surface area contributed by atoms with E-state index >= 15 is 0 Å². The Morgan fingerprint density at radius 2 is 1.89 bits per heavy atom. The third-order valence-electron chi connectivity index (χ3n) is 4.70. The van der Waals surface area contributed by atoms with Gasteiger partial charge >= 0.3 is 6.18 Å². The lowest BCUT2D eigenvalue weighted by atomic mass is 10.1. The van der Waals surface area contributed by atoms with E-state index in [1.165, 1.54) is 35.0 Å². The molecule has 1 fully saturated rings. The van der Waals surface area contributed by atoms with Crippen molar-refractivity contribution < 1.29 is 27.2 Å². The molecular formula is C20H18F4N2O2. The number of hydrogen-bond donors (Lipinski definition) is 0. The number of hydrogen-bond acceptors (Lipinski definition) is 2. The summed E-state index contributed by atoms with van der Waals surface area (Å²) in [6, 6.07) is 10.5. The van der Waals surface area contributed by atoms with E-state index in [4.69, 9.17) is 0 Å². The predicted octanol–water partition coefficient (Wildman–Crippen LogP) is 3.86. The minimum Gasteiger partial charge on any atom is -0.341 e. The minimum atomic E-state index is -4.52. The number of benzene rings is 2. The topological polar surface area (TPSA) is 40.6 Å². The van der Waals surface area contributed by atoms with Crippen molar-refractivity contribution in [2.24, 2.45) is 5.92 Å². The molecule has 1 aliphatic heterocycles. The van der Waals surface area contributed by atoms with E-state index in [9.17, 15) is 27.2 Å². The first kappa shape index (κ1) is 19.9. The van der Waals surface area contributed by atoms with E-state index in [1.807, 2.05) is 0 Å². The largest absolute Gasteiger partial charge is 0.416 e. The molecule has 1 atom stereocenters. The minimum absolute atomic E-state index is 0.0133. The van der Waals surface area contributed by atoms with Gasteiger partial charge in [0, 0.05) is 37.8 Å². The van der Waals surface area contributed by atoms with Crippen molar-refractivity contribution in [1.82, 2.24) is 4.90 Å². The van der Waals surface area contributed by atoms with E-state index in [0.29, 0.717) is 5.56 Å². The molecule has 0 N–H and O–H groups in total. The summed E-state index contributed by atoms with van der Waals surface area (Å²) in [4.78, 5) is 27.5. The first-order valence-electron chi connectivity index (χ1n) is 8.63. The molecular weight excluding hydrogens is 376 g/mol. The Morgan fingerprint density at radius 3 is 2.57 bits per heavy atom. The highest BCUT2D eigenvalue weighted by atomic mass is 19.4. The van der Waals surface area contributed by atoms with Gasteiger partial charge in [-0.3, -0.25) is 9.59 Å². The molecule has 8 heteroatoms. The Balaban J connectivity index is 1.72. The van der Waals surface area contributed by atoms with Crippen LogP contribution < -0.4 is 4.90 Å². The van der Waals surface area contributed by atoms with Gasteiger partial charge in [0.1, 0.15) is 5.82 Å². The Kier molecular flexibility index (Phi) is 5.40. The summed E-state index contributed by atoms with van der Waals surface area (Å²) in [6.45, 7) is 0.0281. The van der Waals surface area contributed by atoms with Gasteiger partial charge in [-0.05, 0) is 24.3 Å². The standard InChI is InChI=1S/C20H18F4N2O2/c1-25(11-13-5-2-3-8-17(13)21)19(28)14-9-18(27)26(12-14)16-7-4-6-15(10-16)20(22,23)24/h2-8,10,14H,9,11-12H2,1H3/t14-/m1/s1. The third-order valence-corrected chi connectivity index (χ3v) is 4.70. The van der Waals surface area contributed by atoms with Gasteiger partial charge in [0.2, 0.25) is 11.8 Å². The summed E-state index contributed by atoms with van der Waals surface area (Å²) in [7, 11) is 1.51. The fourth-order valence-corrected chi connectivity index (χ4v) is 3.24. The second kappa shape index (κ2) is 7.61. The molecule has 2 aromatic rings. The van der Waals surface area contributed by atoms with Crippen LogP contribution in [0.5, 0.6) is 0 Å². The van der Waals surface area contributed by atoms with Crippen LogP contribution >= 0.6 is 0 Å². The van der Waals surface area contributed by atoms with Crippen LogP contribution in [0.15, 0.2) is 48.5 Å². The van der Waals surface area contributed by atoms with E-state index in [-0.39, 0.29) is 31.1 Å². The lowest BCUT2D eigenvalue weighted by Gasteiger charge is -2.22. The molecule has 1 heterocycles. The van der Waals surface area contributed by atoms with Crippen molar-refractivity contribution in [3.05, 3.63) is 65.5 Å². The van der Waals surface area contributed by atoms with Crippen molar-refractivity contribution >= 4 is 17.5 Å². The number of carbonyl (C=O) groups excluding carboxylic acids is 2. The predicted molar refractivity (Wildman–Crippen MR) is 94.8 cm³/mol. The number of rotatable bonds is 4. The van der Waals surface area contributed by atoms with Crippen LogP contribution in [0.1, 0.15) is 17.5 Å². The third kappa shape index (κ3) is 4.16. The van der Waals surface area contributed by atoms with Crippen molar-refractivity contribution in [1.29, 1.82) is 0 Å². The fourth-order valence-electron chi connectivity index (χ4n) is 3.24. The molecule has 1 saturated heterocycles. The van der Waals surface area contributed by atoms with Gasteiger partial charge < -0.3 is 9.80 Å². The molecule has 3 rings (SSSR count). The first-order chi connectivity index (χ1) is 13.2. The number of anilines is 1. The van der Waals surface area contributed by atoms with Crippen LogP contribution in [-0.2, 0) is 22.3 Å². The molecule has 0 unspecified atom stereocenters. The normalized spacial score (nSPS) is 17.1. The summed E-state index contributed by atoms with van der Waals surface area (Å²) in [5.41, 5.74) is -0.409. The van der Waals surface area contributed by atoms with Crippen LogP contribution in [0.25, 0.3) is 0 Å². The maximum atomic E-state index is 13.8. The number of carbonyl (C=O) groups is 2. The number of alkyl halides is 3. The number of halogens is 4. The van der Waals surface area contributed by atoms with Crippen molar-refractivity contribution in [2.75, 3.05) is 18.5 Å². The molecule has 0 radical (unpaired) electrons. The zero-order valence-corrected chi connectivity index (χ0v) is 15.0.